The number of pyridine rings is 1. The molecular weight excluding hydrogens is 338 g/mol. The van der Waals surface area contributed by atoms with Crippen LogP contribution in [0.1, 0.15) is 30.2 Å². The second-order valence-corrected chi connectivity index (χ2v) is 6.45. The lowest BCUT2D eigenvalue weighted by atomic mass is 9.97. The molecule has 0 aliphatic carbocycles. The molecule has 2 aromatic heterocycles. The van der Waals surface area contributed by atoms with Crippen molar-refractivity contribution in [2.75, 3.05) is 13.1 Å². The first-order valence-electron chi connectivity index (χ1n) is 8.61. The van der Waals surface area contributed by atoms with Crippen LogP contribution in [0.25, 0.3) is 11.6 Å². The van der Waals surface area contributed by atoms with E-state index < -0.39 is 11.6 Å². The Morgan fingerprint density at radius 2 is 2.04 bits per heavy atom. The number of hydrogen-bond donors (Lipinski definition) is 0. The smallest absolute Gasteiger partial charge is 0.266 e. The molecule has 0 radical (unpaired) electrons. The summed E-state index contributed by atoms with van der Waals surface area (Å²) in [6.07, 6.45) is 3.53. The molecule has 0 bridgehead atoms. The molecule has 7 heteroatoms. The summed E-state index contributed by atoms with van der Waals surface area (Å²) in [5, 5.41) is 8.26. The minimum Gasteiger partial charge on any atom is -0.419 e. The summed E-state index contributed by atoms with van der Waals surface area (Å²) in [7, 11) is 0. The molecule has 1 unspecified atom stereocenters. The Labute approximate surface area is 149 Å². The number of rotatable bonds is 4. The summed E-state index contributed by atoms with van der Waals surface area (Å²) >= 11 is 0. The number of likely N-dealkylation sites (tertiary alicyclic amines) is 1. The molecule has 1 aliphatic heterocycles. The van der Waals surface area contributed by atoms with Crippen LogP contribution in [0.15, 0.2) is 47.0 Å². The average Bonchev–Trinajstić information content (AvgIpc) is 3.17. The molecule has 26 heavy (non-hydrogen) atoms. The maximum Gasteiger partial charge on any atom is 0.266 e. The van der Waals surface area contributed by atoms with Crippen molar-refractivity contribution in [1.82, 2.24) is 20.1 Å². The van der Waals surface area contributed by atoms with Crippen molar-refractivity contribution in [3.05, 3.63) is 65.7 Å². The maximum absolute atomic E-state index is 13.9. The average molecular weight is 356 g/mol. The SMILES string of the molecule is Fc1cccc(CN2CCCC(c3nnc(-c4ccccn4)o3)C2)c1F. The number of nitrogens with zero attached hydrogens (tertiary/aromatic N) is 4. The van der Waals surface area contributed by atoms with Gasteiger partial charge in [-0.3, -0.25) is 9.88 Å². The van der Waals surface area contributed by atoms with Gasteiger partial charge in [-0.2, -0.15) is 0 Å². The summed E-state index contributed by atoms with van der Waals surface area (Å²) in [5.41, 5.74) is 1.01. The Bertz CT molecular complexity index is 884. The number of halogens is 2. The van der Waals surface area contributed by atoms with Crippen LogP contribution in [0.4, 0.5) is 8.78 Å². The molecule has 0 amide bonds. The third-order valence-corrected chi connectivity index (χ3v) is 4.60. The highest BCUT2D eigenvalue weighted by Crippen LogP contribution is 2.29. The summed E-state index contributed by atoms with van der Waals surface area (Å²) in [6, 6.07) is 9.79. The predicted molar refractivity (Wildman–Crippen MR) is 91.1 cm³/mol. The van der Waals surface area contributed by atoms with Gasteiger partial charge in [-0.1, -0.05) is 18.2 Å². The fraction of sp³-hybridized carbons (Fsp3) is 0.316. The van der Waals surface area contributed by atoms with Crippen molar-refractivity contribution in [3.8, 4) is 11.6 Å². The van der Waals surface area contributed by atoms with E-state index in [-0.39, 0.29) is 5.92 Å². The highest BCUT2D eigenvalue weighted by Gasteiger charge is 2.27. The topological polar surface area (TPSA) is 55.1 Å². The van der Waals surface area contributed by atoms with Gasteiger partial charge in [0.2, 0.25) is 5.89 Å². The fourth-order valence-corrected chi connectivity index (χ4v) is 3.30. The molecule has 1 fully saturated rings. The summed E-state index contributed by atoms with van der Waals surface area (Å²) < 4.78 is 33.1. The number of hydrogen-bond acceptors (Lipinski definition) is 5. The highest BCUT2D eigenvalue weighted by atomic mass is 19.2. The highest BCUT2D eigenvalue weighted by molar-refractivity contribution is 5.45. The fourth-order valence-electron chi connectivity index (χ4n) is 3.30. The lowest BCUT2D eigenvalue weighted by Gasteiger charge is -2.31. The van der Waals surface area contributed by atoms with Crippen LogP contribution in [0.3, 0.4) is 0 Å². The molecule has 3 heterocycles. The van der Waals surface area contributed by atoms with Crippen LogP contribution in [0.2, 0.25) is 0 Å². The van der Waals surface area contributed by atoms with Gasteiger partial charge >= 0.3 is 0 Å². The van der Waals surface area contributed by atoms with E-state index >= 15 is 0 Å². The molecule has 5 nitrogen and oxygen atoms in total. The van der Waals surface area contributed by atoms with Crippen LogP contribution >= 0.6 is 0 Å². The van der Waals surface area contributed by atoms with E-state index in [0.717, 1.165) is 25.5 Å². The molecule has 1 atom stereocenters. The zero-order valence-corrected chi connectivity index (χ0v) is 14.1. The van der Waals surface area contributed by atoms with Gasteiger partial charge < -0.3 is 4.42 Å². The van der Waals surface area contributed by atoms with E-state index in [1.807, 2.05) is 18.2 Å². The Kier molecular flexibility index (Phi) is 4.71. The van der Waals surface area contributed by atoms with Gasteiger partial charge in [0.25, 0.3) is 5.89 Å². The van der Waals surface area contributed by atoms with Crippen molar-refractivity contribution in [1.29, 1.82) is 0 Å². The summed E-state index contributed by atoms with van der Waals surface area (Å²) in [4.78, 5) is 6.31. The van der Waals surface area contributed by atoms with Gasteiger partial charge in [0.15, 0.2) is 11.6 Å². The van der Waals surface area contributed by atoms with Gasteiger partial charge in [0.1, 0.15) is 5.69 Å². The lowest BCUT2D eigenvalue weighted by Crippen LogP contribution is -2.34. The number of benzene rings is 1. The number of piperidine rings is 1. The quantitative estimate of drug-likeness (QED) is 0.712. The Balaban J connectivity index is 1.47. The second-order valence-electron chi connectivity index (χ2n) is 6.45. The minimum atomic E-state index is -0.812. The van der Waals surface area contributed by atoms with E-state index in [4.69, 9.17) is 4.42 Å². The van der Waals surface area contributed by atoms with E-state index in [2.05, 4.69) is 20.1 Å². The first-order valence-corrected chi connectivity index (χ1v) is 8.61. The Hall–Kier alpha value is -2.67. The van der Waals surface area contributed by atoms with Crippen molar-refractivity contribution in [2.45, 2.75) is 25.3 Å². The molecule has 0 spiro atoms. The maximum atomic E-state index is 13.9. The van der Waals surface area contributed by atoms with Crippen molar-refractivity contribution in [3.63, 3.8) is 0 Å². The summed E-state index contributed by atoms with van der Waals surface area (Å²) in [5.74, 6) is -0.549. The molecule has 1 saturated heterocycles. The van der Waals surface area contributed by atoms with Crippen LogP contribution in [-0.4, -0.2) is 33.2 Å². The van der Waals surface area contributed by atoms with E-state index in [1.54, 1.807) is 12.3 Å². The van der Waals surface area contributed by atoms with E-state index in [0.29, 0.717) is 36.1 Å². The van der Waals surface area contributed by atoms with Crippen molar-refractivity contribution in [2.24, 2.45) is 0 Å². The molecule has 3 aromatic rings. The van der Waals surface area contributed by atoms with Crippen molar-refractivity contribution < 1.29 is 13.2 Å². The monoisotopic (exact) mass is 356 g/mol. The van der Waals surface area contributed by atoms with Crippen molar-refractivity contribution >= 4 is 0 Å². The van der Waals surface area contributed by atoms with Gasteiger partial charge in [-0.05, 0) is 37.6 Å². The minimum absolute atomic E-state index is 0.0744. The number of aromatic nitrogens is 3. The van der Waals surface area contributed by atoms with E-state index in [9.17, 15) is 8.78 Å². The van der Waals surface area contributed by atoms with E-state index in [1.165, 1.54) is 6.07 Å². The van der Waals surface area contributed by atoms with Crippen LogP contribution in [0.5, 0.6) is 0 Å². The third-order valence-electron chi connectivity index (χ3n) is 4.60. The standard InChI is InChI=1S/C19H18F2N4O/c20-15-7-3-5-13(17(15)21)11-25-10-4-6-14(12-25)18-23-24-19(26-18)16-8-1-2-9-22-16/h1-3,5,7-9,14H,4,6,10-12H2. The largest absolute Gasteiger partial charge is 0.419 e. The zero-order valence-electron chi connectivity index (χ0n) is 14.1. The molecular formula is C19H18F2N4O. The third kappa shape index (κ3) is 3.48. The lowest BCUT2D eigenvalue weighted by molar-refractivity contribution is 0.184. The molecule has 1 aliphatic rings. The van der Waals surface area contributed by atoms with Crippen LogP contribution < -0.4 is 0 Å². The van der Waals surface area contributed by atoms with Crippen LogP contribution in [0, 0.1) is 11.6 Å². The molecule has 0 N–H and O–H groups in total. The first-order chi connectivity index (χ1) is 12.7. The van der Waals surface area contributed by atoms with Gasteiger partial charge in [0.05, 0.1) is 5.92 Å². The molecule has 4 rings (SSSR count). The normalized spacial score (nSPS) is 18.2. The second kappa shape index (κ2) is 7.29. The Morgan fingerprint density at radius 3 is 2.88 bits per heavy atom. The van der Waals surface area contributed by atoms with Gasteiger partial charge in [0, 0.05) is 24.8 Å². The molecule has 134 valence electrons. The van der Waals surface area contributed by atoms with Gasteiger partial charge in [-0.25, -0.2) is 8.78 Å². The molecule has 1 aromatic carbocycles. The Morgan fingerprint density at radius 1 is 1.12 bits per heavy atom. The van der Waals surface area contributed by atoms with Gasteiger partial charge in [-0.15, -0.1) is 10.2 Å². The molecule has 0 saturated carbocycles. The van der Waals surface area contributed by atoms with Crippen LogP contribution in [-0.2, 0) is 6.54 Å². The predicted octanol–water partition coefficient (Wildman–Crippen LogP) is 3.79. The first kappa shape index (κ1) is 16.8. The summed E-state index contributed by atoms with van der Waals surface area (Å²) in [6.45, 7) is 1.86. The zero-order chi connectivity index (χ0) is 17.9.